The van der Waals surface area contributed by atoms with Gasteiger partial charge in [-0.25, -0.2) is 4.57 Å². The Morgan fingerprint density at radius 3 is 1.81 bits per heavy atom. The Labute approximate surface area is 344 Å². The van der Waals surface area contributed by atoms with Gasteiger partial charge in [-0.1, -0.05) is 167 Å². The summed E-state index contributed by atoms with van der Waals surface area (Å²) in [5.74, 6) is -1.38. The Bertz CT molecular complexity index is 1100. The first-order valence-electron chi connectivity index (χ1n) is 22.5. The third-order valence-electron chi connectivity index (χ3n) is 10.5. The molecule has 12 nitrogen and oxygen atoms in total. The molecule has 1 heterocycles. The average Bonchev–Trinajstić information content (AvgIpc) is 3.16. The Balaban J connectivity index is 2.27. The van der Waals surface area contributed by atoms with Gasteiger partial charge in [0, 0.05) is 25.2 Å². The summed E-state index contributed by atoms with van der Waals surface area (Å²) in [4.78, 5) is 43.2. The van der Waals surface area contributed by atoms with Crippen molar-refractivity contribution in [2.24, 2.45) is 5.92 Å². The Kier molecular flexibility index (Phi) is 32.9. The van der Waals surface area contributed by atoms with Crippen LogP contribution in [0.4, 0.5) is 0 Å². The van der Waals surface area contributed by atoms with Crippen LogP contribution in [-0.4, -0.2) is 81.0 Å². The highest BCUT2D eigenvalue weighted by Gasteiger charge is 2.35. The minimum absolute atomic E-state index is 0.0757. The van der Waals surface area contributed by atoms with Crippen molar-refractivity contribution >= 4 is 19.8 Å². The molecule has 0 bridgehead atoms. The Hall–Kier alpha value is -1.63. The lowest BCUT2D eigenvalue weighted by atomic mass is 9.87. The number of phosphoric acid groups is 1. The first kappa shape index (κ1) is 53.4. The van der Waals surface area contributed by atoms with Gasteiger partial charge in [0.25, 0.3) is 0 Å². The molecule has 57 heavy (non-hydrogen) atoms. The van der Waals surface area contributed by atoms with Crippen molar-refractivity contribution in [3.63, 3.8) is 0 Å². The molecular weight excluding hydrogens is 751 g/mol. The van der Waals surface area contributed by atoms with Crippen LogP contribution in [0.2, 0.25) is 0 Å². The van der Waals surface area contributed by atoms with E-state index in [-0.39, 0.29) is 31.8 Å². The maximum absolute atomic E-state index is 12.5. The van der Waals surface area contributed by atoms with Crippen LogP contribution in [0.25, 0.3) is 0 Å². The molecule has 1 unspecified atom stereocenters. The van der Waals surface area contributed by atoms with Crippen LogP contribution >= 0.6 is 7.82 Å². The van der Waals surface area contributed by atoms with Crippen LogP contribution in [0.1, 0.15) is 194 Å². The number of aliphatic hydroxyl groups is 3. The number of hydrogen-bond donors (Lipinski definition) is 5. The normalized spacial score (nSPS) is 20.0. The zero-order valence-electron chi connectivity index (χ0n) is 35.5. The SMILES string of the molecule is CCCCCCCCCCCCCCCCCCCCC(=O)O[C@H](COC(=O)CCC/C=C\C[C@H]1[C@@H](O)CC(O)O[C@@H]1/C=C/[C@@H](O)CCCCC)COP(=O)(O)O. The maximum Gasteiger partial charge on any atom is 0.469 e. The predicted octanol–water partition coefficient (Wildman–Crippen LogP) is 9.68. The Morgan fingerprint density at radius 2 is 1.25 bits per heavy atom. The summed E-state index contributed by atoms with van der Waals surface area (Å²) >= 11 is 0. The van der Waals surface area contributed by atoms with Crippen molar-refractivity contribution in [3.8, 4) is 0 Å². The van der Waals surface area contributed by atoms with Gasteiger partial charge >= 0.3 is 19.8 Å². The second-order valence-corrected chi connectivity index (χ2v) is 17.2. The second-order valence-electron chi connectivity index (χ2n) is 15.9. The molecule has 6 atom stereocenters. The minimum atomic E-state index is -4.82. The van der Waals surface area contributed by atoms with E-state index >= 15 is 0 Å². The van der Waals surface area contributed by atoms with Gasteiger partial charge in [-0.05, 0) is 32.1 Å². The average molecular weight is 833 g/mol. The molecular formula is C44H81O12P. The van der Waals surface area contributed by atoms with E-state index in [9.17, 15) is 29.5 Å². The van der Waals surface area contributed by atoms with Crippen LogP contribution < -0.4 is 0 Å². The number of ether oxygens (including phenoxy) is 3. The summed E-state index contributed by atoms with van der Waals surface area (Å²) in [7, 11) is -4.82. The molecule has 334 valence electrons. The number of aliphatic hydroxyl groups excluding tert-OH is 3. The van der Waals surface area contributed by atoms with E-state index in [0.717, 1.165) is 38.5 Å². The van der Waals surface area contributed by atoms with Crippen molar-refractivity contribution in [1.29, 1.82) is 0 Å². The molecule has 0 radical (unpaired) electrons. The fourth-order valence-corrected chi connectivity index (χ4v) is 7.42. The third-order valence-corrected chi connectivity index (χ3v) is 11.0. The van der Waals surface area contributed by atoms with Crippen molar-refractivity contribution in [2.45, 2.75) is 224 Å². The molecule has 0 aliphatic carbocycles. The predicted molar refractivity (Wildman–Crippen MR) is 224 cm³/mol. The van der Waals surface area contributed by atoms with E-state index in [0.29, 0.717) is 32.1 Å². The van der Waals surface area contributed by atoms with E-state index in [4.69, 9.17) is 24.0 Å². The standard InChI is InChI=1S/C44H81O12P/c1-3-5-7-8-9-10-11-12-13-14-15-16-17-18-19-20-21-27-31-43(48)55-38(36-54-57(50,51)52)35-53-42(47)30-26-23-22-25-29-39-40(46)34-44(49)56-41(39)33-32-37(45)28-24-6-4-2/h22,25,32-33,37-41,44-46,49H,3-21,23-24,26-31,34-36H2,1-2H3,(H2,50,51,52)/b25-22-,33-32+/t37-,38+,39-,40-,41+,44?/m0/s1. The van der Waals surface area contributed by atoms with Crippen molar-refractivity contribution < 1.29 is 58.0 Å². The summed E-state index contributed by atoms with van der Waals surface area (Å²) in [6, 6.07) is 0. The van der Waals surface area contributed by atoms with Gasteiger partial charge in [-0.3, -0.25) is 14.1 Å². The summed E-state index contributed by atoms with van der Waals surface area (Å²) in [5.41, 5.74) is 0. The molecule has 1 fully saturated rings. The largest absolute Gasteiger partial charge is 0.469 e. The number of carbonyl (C=O) groups excluding carboxylic acids is 2. The monoisotopic (exact) mass is 833 g/mol. The molecule has 0 aromatic heterocycles. The van der Waals surface area contributed by atoms with E-state index < -0.39 is 57.1 Å². The molecule has 0 amide bonds. The van der Waals surface area contributed by atoms with Gasteiger partial charge in [0.05, 0.1) is 24.9 Å². The lowest BCUT2D eigenvalue weighted by Crippen LogP contribution is -2.43. The number of rotatable bonds is 37. The van der Waals surface area contributed by atoms with Crippen LogP contribution in [-0.2, 0) is 32.9 Å². The quantitative estimate of drug-likeness (QED) is 0.0173. The van der Waals surface area contributed by atoms with Gasteiger partial charge in [-0.2, -0.15) is 0 Å². The molecule has 1 aliphatic heterocycles. The van der Waals surface area contributed by atoms with E-state index in [2.05, 4.69) is 18.4 Å². The number of allylic oxidation sites excluding steroid dienone is 2. The molecule has 0 saturated carbocycles. The lowest BCUT2D eigenvalue weighted by molar-refractivity contribution is -0.199. The molecule has 0 aromatic carbocycles. The number of esters is 2. The summed E-state index contributed by atoms with van der Waals surface area (Å²) in [6.45, 7) is 3.37. The van der Waals surface area contributed by atoms with Gasteiger partial charge in [0.1, 0.15) is 6.61 Å². The second kappa shape index (κ2) is 35.2. The summed E-state index contributed by atoms with van der Waals surface area (Å²) in [6.07, 6.45) is 30.9. The van der Waals surface area contributed by atoms with E-state index in [1.165, 1.54) is 89.9 Å². The smallest absolute Gasteiger partial charge is 0.462 e. The van der Waals surface area contributed by atoms with Gasteiger partial charge in [0.15, 0.2) is 12.4 Å². The highest BCUT2D eigenvalue weighted by atomic mass is 31.2. The third kappa shape index (κ3) is 31.9. The molecule has 1 aliphatic rings. The molecule has 1 saturated heterocycles. The van der Waals surface area contributed by atoms with E-state index in [1.54, 1.807) is 12.2 Å². The number of phosphoric ester groups is 1. The van der Waals surface area contributed by atoms with Crippen molar-refractivity contribution in [1.82, 2.24) is 0 Å². The van der Waals surface area contributed by atoms with Gasteiger partial charge in [-0.15, -0.1) is 0 Å². The molecule has 1 rings (SSSR count). The summed E-state index contributed by atoms with van der Waals surface area (Å²) < 4.78 is 32.1. The highest BCUT2D eigenvalue weighted by molar-refractivity contribution is 7.46. The van der Waals surface area contributed by atoms with Gasteiger partial charge < -0.3 is 39.3 Å². The zero-order chi connectivity index (χ0) is 42.0. The first-order valence-corrected chi connectivity index (χ1v) is 24.1. The number of carbonyl (C=O) groups is 2. The summed E-state index contributed by atoms with van der Waals surface area (Å²) in [5, 5.41) is 30.8. The van der Waals surface area contributed by atoms with Crippen LogP contribution in [0.3, 0.4) is 0 Å². The van der Waals surface area contributed by atoms with Crippen LogP contribution in [0.15, 0.2) is 24.3 Å². The maximum atomic E-state index is 12.5. The fourth-order valence-electron chi connectivity index (χ4n) is 7.06. The topological polar surface area (TPSA) is 189 Å². The van der Waals surface area contributed by atoms with Crippen molar-refractivity contribution in [2.75, 3.05) is 13.2 Å². The molecule has 13 heteroatoms. The molecule has 5 N–H and O–H groups in total. The first-order chi connectivity index (χ1) is 27.4. The van der Waals surface area contributed by atoms with Crippen LogP contribution in [0.5, 0.6) is 0 Å². The molecule has 0 spiro atoms. The molecule has 0 aromatic rings. The number of hydrogen-bond acceptors (Lipinski definition) is 10. The Morgan fingerprint density at radius 1 is 0.719 bits per heavy atom. The zero-order valence-corrected chi connectivity index (χ0v) is 36.4. The number of unbranched alkanes of at least 4 members (excludes halogenated alkanes) is 20. The van der Waals surface area contributed by atoms with Crippen LogP contribution in [0, 0.1) is 5.92 Å². The van der Waals surface area contributed by atoms with Gasteiger partial charge in [0.2, 0.25) is 0 Å². The minimum Gasteiger partial charge on any atom is -0.462 e. The highest BCUT2D eigenvalue weighted by Crippen LogP contribution is 2.36. The van der Waals surface area contributed by atoms with E-state index in [1.807, 2.05) is 12.2 Å². The van der Waals surface area contributed by atoms with Crippen molar-refractivity contribution in [3.05, 3.63) is 24.3 Å². The fraction of sp³-hybridized carbons (Fsp3) is 0.864. The lowest BCUT2D eigenvalue weighted by Gasteiger charge is -2.36.